The molecule has 0 spiro atoms. The molecule has 0 saturated heterocycles. The Kier molecular flexibility index (Phi) is 4.48. The van der Waals surface area contributed by atoms with E-state index < -0.39 is 5.54 Å². The van der Waals surface area contributed by atoms with Gasteiger partial charge in [0, 0.05) is 23.8 Å². The van der Waals surface area contributed by atoms with Crippen LogP contribution in [-0.4, -0.2) is 29.8 Å². The number of rotatable bonds is 6. The fraction of sp³-hybridized carbons (Fsp3) is 0.625. The summed E-state index contributed by atoms with van der Waals surface area (Å²) >= 11 is 0. The van der Waals surface area contributed by atoms with Crippen molar-refractivity contribution in [2.24, 2.45) is 5.73 Å². The lowest BCUT2D eigenvalue weighted by Gasteiger charge is -2.29. The van der Waals surface area contributed by atoms with Crippen LogP contribution < -0.4 is 10.6 Å². The average molecular weight is 262 g/mol. The molecule has 19 heavy (non-hydrogen) atoms. The summed E-state index contributed by atoms with van der Waals surface area (Å²) in [6, 6.07) is 9.22. The number of fused-ring (bicyclic) bond motifs is 1. The fourth-order valence-corrected chi connectivity index (χ4v) is 2.94. The lowest BCUT2D eigenvalue weighted by Crippen LogP contribution is -2.43. The first-order chi connectivity index (χ1) is 9.09. The Morgan fingerprint density at radius 3 is 2.84 bits per heavy atom. The quantitative estimate of drug-likeness (QED) is 0.827. The molecule has 0 fully saturated rings. The van der Waals surface area contributed by atoms with Crippen LogP contribution in [0, 0.1) is 0 Å². The molecule has 1 aromatic rings. The number of hydrogen-bond donors (Lipinski definition) is 2. The second kappa shape index (κ2) is 5.93. The summed E-state index contributed by atoms with van der Waals surface area (Å²) < 4.78 is 0. The predicted octanol–water partition coefficient (Wildman–Crippen LogP) is 2.32. The molecule has 0 aliphatic carbocycles. The second-order valence-electron chi connectivity index (χ2n) is 5.85. The predicted molar refractivity (Wildman–Crippen MR) is 80.5 cm³/mol. The molecule has 1 aliphatic rings. The molecule has 3 heteroatoms. The van der Waals surface area contributed by atoms with E-state index in [-0.39, 0.29) is 6.61 Å². The number of para-hydroxylation sites is 1. The molecule has 0 aromatic heterocycles. The van der Waals surface area contributed by atoms with E-state index >= 15 is 0 Å². The highest BCUT2D eigenvalue weighted by molar-refractivity contribution is 5.59. The van der Waals surface area contributed by atoms with Gasteiger partial charge < -0.3 is 15.7 Å². The minimum Gasteiger partial charge on any atom is -0.394 e. The Bertz CT molecular complexity index is 415. The van der Waals surface area contributed by atoms with Crippen LogP contribution in [0.4, 0.5) is 5.69 Å². The maximum Gasteiger partial charge on any atom is 0.0611 e. The minimum absolute atomic E-state index is 0.0790. The van der Waals surface area contributed by atoms with Crippen LogP contribution in [0.25, 0.3) is 0 Å². The highest BCUT2D eigenvalue weighted by Gasteiger charge is 2.26. The molecule has 2 rings (SSSR count). The van der Waals surface area contributed by atoms with Gasteiger partial charge in [-0.25, -0.2) is 0 Å². The number of nitrogens with zero attached hydrogens (tertiary/aromatic N) is 1. The van der Waals surface area contributed by atoms with Crippen LogP contribution in [-0.2, 0) is 6.42 Å². The van der Waals surface area contributed by atoms with Gasteiger partial charge in [-0.05, 0) is 44.2 Å². The third-order valence-electron chi connectivity index (χ3n) is 4.44. The second-order valence-corrected chi connectivity index (χ2v) is 5.85. The highest BCUT2D eigenvalue weighted by Crippen LogP contribution is 2.32. The molecular weight excluding hydrogens is 236 g/mol. The van der Waals surface area contributed by atoms with Crippen LogP contribution in [0.5, 0.6) is 0 Å². The molecule has 0 bridgehead atoms. The molecule has 0 amide bonds. The highest BCUT2D eigenvalue weighted by atomic mass is 16.3. The van der Waals surface area contributed by atoms with E-state index in [1.807, 2.05) is 6.92 Å². The van der Waals surface area contributed by atoms with E-state index in [0.717, 1.165) is 32.2 Å². The SMILES string of the molecule is CCC(N)(CO)CCCN1c2ccccc2CC1C. The van der Waals surface area contributed by atoms with Crippen molar-refractivity contribution in [3.63, 3.8) is 0 Å². The van der Waals surface area contributed by atoms with Crippen LogP contribution in [0.15, 0.2) is 24.3 Å². The Labute approximate surface area is 116 Å². The Morgan fingerprint density at radius 1 is 1.42 bits per heavy atom. The molecule has 2 unspecified atom stereocenters. The van der Waals surface area contributed by atoms with Crippen LogP contribution in [0.3, 0.4) is 0 Å². The number of anilines is 1. The molecule has 0 saturated carbocycles. The first kappa shape index (κ1) is 14.4. The number of aliphatic hydroxyl groups is 1. The van der Waals surface area contributed by atoms with Crippen molar-refractivity contribution in [2.45, 2.75) is 51.1 Å². The van der Waals surface area contributed by atoms with Gasteiger partial charge in [0.2, 0.25) is 0 Å². The van der Waals surface area contributed by atoms with Crippen molar-refractivity contribution in [2.75, 3.05) is 18.1 Å². The Hall–Kier alpha value is -1.06. The summed E-state index contributed by atoms with van der Waals surface area (Å²) in [6.45, 7) is 5.43. The standard InChI is InChI=1S/C16H26N2O/c1-3-16(17,12-19)9-6-10-18-13(2)11-14-7-4-5-8-15(14)18/h4-5,7-8,13,19H,3,6,9-12,17H2,1-2H3. The first-order valence-corrected chi connectivity index (χ1v) is 7.34. The maximum absolute atomic E-state index is 9.35. The van der Waals surface area contributed by atoms with E-state index in [4.69, 9.17) is 5.73 Å². The third-order valence-corrected chi connectivity index (χ3v) is 4.44. The smallest absolute Gasteiger partial charge is 0.0611 e. The zero-order valence-electron chi connectivity index (χ0n) is 12.1. The van der Waals surface area contributed by atoms with Gasteiger partial charge in [-0.2, -0.15) is 0 Å². The zero-order chi connectivity index (χ0) is 13.9. The topological polar surface area (TPSA) is 49.5 Å². The molecule has 1 heterocycles. The van der Waals surface area contributed by atoms with Crippen molar-refractivity contribution < 1.29 is 5.11 Å². The number of benzene rings is 1. The van der Waals surface area contributed by atoms with Crippen molar-refractivity contribution in [1.82, 2.24) is 0 Å². The average Bonchev–Trinajstić information content (AvgIpc) is 2.75. The lowest BCUT2D eigenvalue weighted by atomic mass is 9.92. The molecule has 3 nitrogen and oxygen atoms in total. The van der Waals surface area contributed by atoms with Gasteiger partial charge in [-0.1, -0.05) is 25.1 Å². The van der Waals surface area contributed by atoms with Crippen LogP contribution >= 0.6 is 0 Å². The van der Waals surface area contributed by atoms with Gasteiger partial charge in [-0.15, -0.1) is 0 Å². The van der Waals surface area contributed by atoms with Gasteiger partial charge in [0.1, 0.15) is 0 Å². The third kappa shape index (κ3) is 3.10. The lowest BCUT2D eigenvalue weighted by molar-refractivity contribution is 0.180. The molecule has 3 N–H and O–H groups in total. The van der Waals surface area contributed by atoms with Gasteiger partial charge in [0.25, 0.3) is 0 Å². The monoisotopic (exact) mass is 262 g/mol. The summed E-state index contributed by atoms with van der Waals surface area (Å²) in [6.07, 6.45) is 3.88. The first-order valence-electron chi connectivity index (χ1n) is 7.34. The molecular formula is C16H26N2O. The molecule has 1 aliphatic heterocycles. The fourth-order valence-electron chi connectivity index (χ4n) is 2.94. The molecule has 0 radical (unpaired) electrons. The van der Waals surface area contributed by atoms with E-state index in [1.54, 1.807) is 0 Å². The normalized spacial score (nSPS) is 21.3. The van der Waals surface area contributed by atoms with E-state index in [2.05, 4.69) is 36.1 Å². The largest absolute Gasteiger partial charge is 0.394 e. The maximum atomic E-state index is 9.35. The van der Waals surface area contributed by atoms with Gasteiger partial charge >= 0.3 is 0 Å². The molecule has 1 aromatic carbocycles. The van der Waals surface area contributed by atoms with Gasteiger partial charge in [0.05, 0.1) is 6.61 Å². The number of aliphatic hydroxyl groups excluding tert-OH is 1. The van der Waals surface area contributed by atoms with Crippen molar-refractivity contribution in [3.8, 4) is 0 Å². The van der Waals surface area contributed by atoms with Crippen LogP contribution in [0.2, 0.25) is 0 Å². The van der Waals surface area contributed by atoms with Crippen molar-refractivity contribution >= 4 is 5.69 Å². The van der Waals surface area contributed by atoms with Gasteiger partial charge in [0.15, 0.2) is 0 Å². The summed E-state index contributed by atoms with van der Waals surface area (Å²) in [5, 5.41) is 9.35. The van der Waals surface area contributed by atoms with Crippen molar-refractivity contribution in [1.29, 1.82) is 0 Å². The zero-order valence-corrected chi connectivity index (χ0v) is 12.1. The summed E-state index contributed by atoms with van der Waals surface area (Å²) in [5.74, 6) is 0. The van der Waals surface area contributed by atoms with E-state index in [9.17, 15) is 5.11 Å². The number of hydrogen-bond acceptors (Lipinski definition) is 3. The number of nitrogens with two attached hydrogens (primary N) is 1. The van der Waals surface area contributed by atoms with Crippen LogP contribution in [0.1, 0.15) is 38.7 Å². The summed E-state index contributed by atoms with van der Waals surface area (Å²) in [4.78, 5) is 2.47. The summed E-state index contributed by atoms with van der Waals surface area (Å²) in [7, 11) is 0. The van der Waals surface area contributed by atoms with E-state index in [1.165, 1.54) is 11.3 Å². The van der Waals surface area contributed by atoms with E-state index in [0.29, 0.717) is 6.04 Å². The Morgan fingerprint density at radius 2 is 2.16 bits per heavy atom. The van der Waals surface area contributed by atoms with Gasteiger partial charge in [-0.3, -0.25) is 0 Å². The Balaban J connectivity index is 1.93. The van der Waals surface area contributed by atoms with Crippen molar-refractivity contribution in [3.05, 3.63) is 29.8 Å². The minimum atomic E-state index is -0.400. The molecule has 2 atom stereocenters. The molecule has 106 valence electrons. The summed E-state index contributed by atoms with van der Waals surface area (Å²) in [5.41, 5.74) is 8.57.